The minimum absolute atomic E-state index is 0.0965. The molecule has 112 valence electrons. The highest BCUT2D eigenvalue weighted by Gasteiger charge is 2.10. The Morgan fingerprint density at radius 3 is 2.86 bits per heavy atom. The third kappa shape index (κ3) is 4.22. The molecule has 2 N–H and O–H groups in total. The molecule has 0 atom stereocenters. The number of thioether (sulfide) groups is 1. The molecule has 0 aliphatic rings. The van der Waals surface area contributed by atoms with Crippen molar-refractivity contribution >= 4 is 35.0 Å². The molecule has 2 aromatic rings. The number of rotatable bonds is 5. The third-order valence-corrected chi connectivity index (χ3v) is 4.17. The van der Waals surface area contributed by atoms with Gasteiger partial charge in [0.1, 0.15) is 5.82 Å². The molecule has 2 rings (SSSR count). The predicted molar refractivity (Wildman–Crippen MR) is 84.3 cm³/mol. The zero-order valence-electron chi connectivity index (χ0n) is 11.7. The van der Waals surface area contributed by atoms with Crippen molar-refractivity contribution in [1.82, 2.24) is 10.2 Å². The number of carbonyl (C=O) groups is 1. The van der Waals surface area contributed by atoms with Crippen LogP contribution in [0.15, 0.2) is 18.2 Å². The topological polar surface area (TPSA) is 57.8 Å². The predicted octanol–water partition coefficient (Wildman–Crippen LogP) is 3.69. The van der Waals surface area contributed by atoms with E-state index < -0.39 is 5.82 Å². The second-order valence-corrected chi connectivity index (χ2v) is 5.99. The summed E-state index contributed by atoms with van der Waals surface area (Å²) in [7, 11) is 0. The Labute approximate surface area is 131 Å². The van der Waals surface area contributed by atoms with Crippen molar-refractivity contribution in [2.24, 2.45) is 0 Å². The van der Waals surface area contributed by atoms with Gasteiger partial charge in [0, 0.05) is 5.75 Å². The number of carbonyl (C=O) groups excluding carboxylic acids is 1. The quantitative estimate of drug-likeness (QED) is 0.880. The van der Waals surface area contributed by atoms with Crippen LogP contribution in [-0.2, 0) is 10.5 Å². The Balaban J connectivity index is 1.83. The van der Waals surface area contributed by atoms with Gasteiger partial charge in [0.25, 0.3) is 0 Å². The highest BCUT2D eigenvalue weighted by Crippen LogP contribution is 2.20. The Morgan fingerprint density at radius 1 is 1.48 bits per heavy atom. The molecule has 0 fully saturated rings. The Kier molecular flexibility index (Phi) is 5.25. The Morgan fingerprint density at radius 2 is 2.24 bits per heavy atom. The summed E-state index contributed by atoms with van der Waals surface area (Å²) >= 11 is 7.15. The fourth-order valence-corrected chi connectivity index (χ4v) is 2.78. The van der Waals surface area contributed by atoms with Crippen molar-refractivity contribution in [3.05, 3.63) is 46.0 Å². The van der Waals surface area contributed by atoms with Gasteiger partial charge in [0.05, 0.1) is 27.9 Å². The first-order chi connectivity index (χ1) is 9.97. The van der Waals surface area contributed by atoms with Crippen LogP contribution < -0.4 is 5.32 Å². The number of aryl methyl sites for hydroxylation is 2. The van der Waals surface area contributed by atoms with Crippen molar-refractivity contribution in [1.29, 1.82) is 0 Å². The van der Waals surface area contributed by atoms with Gasteiger partial charge < -0.3 is 5.32 Å². The molecule has 0 bridgehead atoms. The van der Waals surface area contributed by atoms with Crippen molar-refractivity contribution in [2.45, 2.75) is 19.6 Å². The third-order valence-electron chi connectivity index (χ3n) is 2.88. The zero-order chi connectivity index (χ0) is 15.4. The number of benzene rings is 1. The highest BCUT2D eigenvalue weighted by atomic mass is 35.5. The van der Waals surface area contributed by atoms with Crippen LogP contribution in [-0.4, -0.2) is 21.9 Å². The molecule has 0 unspecified atom stereocenters. The summed E-state index contributed by atoms with van der Waals surface area (Å²) < 4.78 is 13.0. The summed E-state index contributed by atoms with van der Waals surface area (Å²) in [5.41, 5.74) is 3.20. The largest absolute Gasteiger partial charge is 0.322 e. The number of aromatic amines is 1. The van der Waals surface area contributed by atoms with Gasteiger partial charge in [-0.15, -0.1) is 11.8 Å². The van der Waals surface area contributed by atoms with E-state index in [0.717, 1.165) is 22.6 Å². The van der Waals surface area contributed by atoms with Crippen molar-refractivity contribution in [3.8, 4) is 0 Å². The van der Waals surface area contributed by atoms with Crippen LogP contribution in [0, 0.1) is 19.7 Å². The molecule has 0 aliphatic carbocycles. The highest BCUT2D eigenvalue weighted by molar-refractivity contribution is 7.99. The van der Waals surface area contributed by atoms with Gasteiger partial charge >= 0.3 is 0 Å². The molecular formula is C14H15ClFN3OS. The Hall–Kier alpha value is -1.53. The van der Waals surface area contributed by atoms with Crippen LogP contribution in [0.1, 0.15) is 17.0 Å². The summed E-state index contributed by atoms with van der Waals surface area (Å²) in [4.78, 5) is 11.9. The SMILES string of the molecule is Cc1n[nH]c(C)c1NC(=O)CSCc1ccc(F)c(Cl)c1. The fourth-order valence-electron chi connectivity index (χ4n) is 1.80. The number of nitrogens with zero attached hydrogens (tertiary/aromatic N) is 1. The van der Waals surface area contributed by atoms with Crippen molar-refractivity contribution in [3.63, 3.8) is 0 Å². The van der Waals surface area contributed by atoms with E-state index in [2.05, 4.69) is 15.5 Å². The monoisotopic (exact) mass is 327 g/mol. The van der Waals surface area contributed by atoms with Crippen LogP contribution in [0.25, 0.3) is 0 Å². The fraction of sp³-hybridized carbons (Fsp3) is 0.286. The second kappa shape index (κ2) is 6.95. The summed E-state index contributed by atoms with van der Waals surface area (Å²) in [6, 6.07) is 4.57. The molecule has 1 aromatic heterocycles. The van der Waals surface area contributed by atoms with Gasteiger partial charge in [0.15, 0.2) is 0 Å². The van der Waals surface area contributed by atoms with E-state index in [1.165, 1.54) is 17.8 Å². The van der Waals surface area contributed by atoms with E-state index in [9.17, 15) is 9.18 Å². The van der Waals surface area contributed by atoms with Crippen molar-refractivity contribution < 1.29 is 9.18 Å². The van der Waals surface area contributed by atoms with Crippen LogP contribution in [0.3, 0.4) is 0 Å². The van der Waals surface area contributed by atoms with Gasteiger partial charge in [-0.05, 0) is 31.5 Å². The Bertz CT molecular complexity index is 640. The summed E-state index contributed by atoms with van der Waals surface area (Å²) in [6.07, 6.45) is 0. The first-order valence-corrected chi connectivity index (χ1v) is 7.83. The molecule has 0 saturated heterocycles. The van der Waals surface area contributed by atoms with E-state index >= 15 is 0 Å². The molecule has 0 aliphatic heterocycles. The summed E-state index contributed by atoms with van der Waals surface area (Å²) in [5, 5.41) is 9.76. The van der Waals surface area contributed by atoms with Gasteiger partial charge in [-0.1, -0.05) is 17.7 Å². The molecule has 0 radical (unpaired) electrons. The number of hydrogen-bond donors (Lipinski definition) is 2. The molecule has 7 heteroatoms. The lowest BCUT2D eigenvalue weighted by Crippen LogP contribution is -2.15. The van der Waals surface area contributed by atoms with E-state index in [1.54, 1.807) is 12.1 Å². The number of H-pyrrole nitrogens is 1. The molecule has 21 heavy (non-hydrogen) atoms. The molecule has 0 saturated carbocycles. The van der Waals surface area contributed by atoms with Gasteiger partial charge in [-0.2, -0.15) is 5.10 Å². The first-order valence-electron chi connectivity index (χ1n) is 6.30. The average Bonchev–Trinajstić information content (AvgIpc) is 2.75. The van der Waals surface area contributed by atoms with E-state index in [1.807, 2.05) is 13.8 Å². The lowest BCUT2D eigenvalue weighted by molar-refractivity contribution is -0.113. The molecule has 4 nitrogen and oxygen atoms in total. The van der Waals surface area contributed by atoms with Crippen LogP contribution in [0.4, 0.5) is 10.1 Å². The summed E-state index contributed by atoms with van der Waals surface area (Å²) in [5.74, 6) is 0.366. The minimum atomic E-state index is -0.436. The maximum absolute atomic E-state index is 13.0. The number of aromatic nitrogens is 2. The smallest absolute Gasteiger partial charge is 0.234 e. The van der Waals surface area contributed by atoms with E-state index in [0.29, 0.717) is 11.5 Å². The van der Waals surface area contributed by atoms with Gasteiger partial charge in [0.2, 0.25) is 5.91 Å². The lowest BCUT2D eigenvalue weighted by atomic mass is 10.2. The second-order valence-electron chi connectivity index (χ2n) is 4.60. The number of anilines is 1. The van der Waals surface area contributed by atoms with E-state index in [-0.39, 0.29) is 10.9 Å². The maximum Gasteiger partial charge on any atom is 0.234 e. The molecule has 1 heterocycles. The zero-order valence-corrected chi connectivity index (χ0v) is 13.2. The standard InChI is InChI=1S/C14H15ClFN3OS/c1-8-14(9(2)19-18-8)17-13(20)7-21-6-10-3-4-12(16)11(15)5-10/h3-5H,6-7H2,1-2H3,(H,17,20)(H,18,19). The first kappa shape index (κ1) is 15.9. The number of halogens is 2. The number of hydrogen-bond acceptors (Lipinski definition) is 3. The summed E-state index contributed by atoms with van der Waals surface area (Å²) in [6.45, 7) is 3.68. The number of amides is 1. The van der Waals surface area contributed by atoms with Gasteiger partial charge in [-0.25, -0.2) is 4.39 Å². The van der Waals surface area contributed by atoms with E-state index in [4.69, 9.17) is 11.6 Å². The lowest BCUT2D eigenvalue weighted by Gasteiger charge is -2.06. The molecule has 1 aromatic carbocycles. The van der Waals surface area contributed by atoms with Crippen LogP contribution >= 0.6 is 23.4 Å². The molecule has 0 spiro atoms. The van der Waals surface area contributed by atoms with Gasteiger partial charge in [-0.3, -0.25) is 9.89 Å². The normalized spacial score (nSPS) is 10.7. The van der Waals surface area contributed by atoms with Crippen molar-refractivity contribution in [2.75, 3.05) is 11.1 Å². The van der Waals surface area contributed by atoms with Crippen LogP contribution in [0.5, 0.6) is 0 Å². The molecular weight excluding hydrogens is 313 g/mol. The van der Waals surface area contributed by atoms with Crippen LogP contribution in [0.2, 0.25) is 5.02 Å². The minimum Gasteiger partial charge on any atom is -0.322 e. The maximum atomic E-state index is 13.0. The molecule has 1 amide bonds. The average molecular weight is 328 g/mol. The number of nitrogens with one attached hydrogen (secondary N) is 2.